The lowest BCUT2D eigenvalue weighted by Gasteiger charge is -2.38. The summed E-state index contributed by atoms with van der Waals surface area (Å²) in [7, 11) is -6.90. The molecule has 1 aromatic heterocycles. The van der Waals surface area contributed by atoms with Gasteiger partial charge in [0.1, 0.15) is 23.4 Å². The van der Waals surface area contributed by atoms with Gasteiger partial charge in [-0.1, -0.05) is 6.07 Å². The zero-order valence-corrected chi connectivity index (χ0v) is 24.8. The molecule has 2 saturated heterocycles. The van der Waals surface area contributed by atoms with Crippen LogP contribution in [-0.4, -0.2) is 87.1 Å². The third-order valence-electron chi connectivity index (χ3n) is 8.81. The van der Waals surface area contributed by atoms with Crippen molar-refractivity contribution in [3.8, 4) is 5.75 Å². The van der Waals surface area contributed by atoms with Gasteiger partial charge < -0.3 is 19.9 Å². The fourth-order valence-electron chi connectivity index (χ4n) is 6.18. The topological polar surface area (TPSA) is 135 Å². The molecule has 2 aromatic rings. The van der Waals surface area contributed by atoms with Crippen LogP contribution in [0.1, 0.15) is 56.2 Å². The summed E-state index contributed by atoms with van der Waals surface area (Å²) in [5.74, 6) is 0.418. The second-order valence-electron chi connectivity index (χ2n) is 11.9. The van der Waals surface area contributed by atoms with Gasteiger partial charge >= 0.3 is 0 Å². The highest BCUT2D eigenvalue weighted by Gasteiger charge is 2.45. The van der Waals surface area contributed by atoms with Crippen molar-refractivity contribution >= 4 is 19.9 Å². The normalized spacial score (nSPS) is 23.8. The van der Waals surface area contributed by atoms with Gasteiger partial charge in [0.25, 0.3) is 0 Å². The number of aromatic nitrogens is 1. The monoisotopic (exact) mass is 605 g/mol. The molecule has 10 nitrogen and oxygen atoms in total. The van der Waals surface area contributed by atoms with Crippen LogP contribution in [0, 0.1) is 0 Å². The van der Waals surface area contributed by atoms with Gasteiger partial charge in [0.05, 0.1) is 22.4 Å². The Kier molecular flexibility index (Phi) is 8.16. The molecule has 2 atom stereocenters. The Morgan fingerprint density at radius 2 is 1.88 bits per heavy atom. The van der Waals surface area contributed by atoms with Crippen LogP contribution in [0.15, 0.2) is 46.3 Å². The number of rotatable bonds is 10. The maximum atomic E-state index is 13.3. The number of nitrogens with zero attached hydrogens (tertiary/aromatic N) is 2. The van der Waals surface area contributed by atoms with E-state index in [1.54, 1.807) is 22.5 Å². The number of sulfonamides is 1. The SMILES string of the molecule is O=S(=O)(c1cccc(OC[C@@H](O)CN[C@H]2COC3(CCN(S(=O)(=O)c4cnc5c(c4)CCCC5)CC3)C2)c1)C1CC1. The molecule has 0 amide bonds. The number of fused-ring (bicyclic) bond motifs is 1. The smallest absolute Gasteiger partial charge is 0.244 e. The van der Waals surface area contributed by atoms with E-state index in [1.807, 2.05) is 6.07 Å². The van der Waals surface area contributed by atoms with Crippen molar-refractivity contribution in [1.29, 1.82) is 0 Å². The van der Waals surface area contributed by atoms with Gasteiger partial charge in [0.2, 0.25) is 10.0 Å². The van der Waals surface area contributed by atoms with Gasteiger partial charge in [0.15, 0.2) is 9.84 Å². The average molecular weight is 606 g/mol. The molecule has 4 aliphatic rings. The predicted octanol–water partition coefficient (Wildman–Crippen LogP) is 2.24. The molecule has 41 heavy (non-hydrogen) atoms. The molecular formula is C29H39N3O7S2. The molecule has 1 saturated carbocycles. The summed E-state index contributed by atoms with van der Waals surface area (Å²) < 4.78 is 65.1. The molecule has 12 heteroatoms. The van der Waals surface area contributed by atoms with E-state index in [2.05, 4.69) is 10.3 Å². The van der Waals surface area contributed by atoms with Crippen LogP contribution in [0.4, 0.5) is 0 Å². The van der Waals surface area contributed by atoms with Crippen molar-refractivity contribution in [2.75, 3.05) is 32.8 Å². The van der Waals surface area contributed by atoms with E-state index in [9.17, 15) is 21.9 Å². The molecule has 224 valence electrons. The largest absolute Gasteiger partial charge is 0.491 e. The van der Waals surface area contributed by atoms with E-state index in [-0.39, 0.29) is 33.3 Å². The second kappa shape index (κ2) is 11.5. The summed E-state index contributed by atoms with van der Waals surface area (Å²) >= 11 is 0. The van der Waals surface area contributed by atoms with E-state index in [0.717, 1.165) is 43.4 Å². The van der Waals surface area contributed by atoms with Crippen LogP contribution >= 0.6 is 0 Å². The van der Waals surface area contributed by atoms with Crippen molar-refractivity contribution < 1.29 is 31.4 Å². The lowest BCUT2D eigenvalue weighted by molar-refractivity contribution is -0.0312. The minimum Gasteiger partial charge on any atom is -0.491 e. The maximum Gasteiger partial charge on any atom is 0.244 e. The summed E-state index contributed by atoms with van der Waals surface area (Å²) in [4.78, 5) is 5.00. The van der Waals surface area contributed by atoms with Crippen LogP contribution in [0.25, 0.3) is 0 Å². The Labute approximate surface area is 242 Å². The fourth-order valence-corrected chi connectivity index (χ4v) is 9.31. The summed E-state index contributed by atoms with van der Waals surface area (Å²) in [6, 6.07) is 8.32. The maximum absolute atomic E-state index is 13.3. The molecule has 2 aliphatic heterocycles. The van der Waals surface area contributed by atoms with E-state index < -0.39 is 26.0 Å². The standard InChI is InChI=1S/C29H39N3O7S2/c33-23(20-38-24-5-3-6-26(15-24)40(34,35)25-8-9-25)17-30-22-16-29(39-19-22)10-12-32(13-11-29)41(36,37)27-14-21-4-1-2-7-28(21)31-18-27/h3,5-6,14-15,18,22-23,25,30,33H,1-2,4,7-13,16-17,19-20H2/t22-,23+/m1/s1. The number of aliphatic hydroxyl groups excluding tert-OH is 1. The first kappa shape index (κ1) is 29.0. The third-order valence-corrected chi connectivity index (χ3v) is 12.9. The van der Waals surface area contributed by atoms with Gasteiger partial charge in [0, 0.05) is 37.6 Å². The quantitative estimate of drug-likeness (QED) is 0.418. The Hall–Kier alpha value is -2.09. The third kappa shape index (κ3) is 6.33. The van der Waals surface area contributed by atoms with Gasteiger partial charge in [-0.3, -0.25) is 4.98 Å². The molecule has 2 aliphatic carbocycles. The fraction of sp³-hybridized carbons (Fsp3) is 0.621. The molecule has 0 radical (unpaired) electrons. The van der Waals surface area contributed by atoms with Crippen LogP contribution in [0.3, 0.4) is 0 Å². The Morgan fingerprint density at radius 1 is 1.10 bits per heavy atom. The van der Waals surface area contributed by atoms with E-state index in [0.29, 0.717) is 57.7 Å². The van der Waals surface area contributed by atoms with E-state index >= 15 is 0 Å². The van der Waals surface area contributed by atoms with Crippen LogP contribution in [0.2, 0.25) is 0 Å². The molecule has 0 unspecified atom stereocenters. The predicted molar refractivity (Wildman–Crippen MR) is 152 cm³/mol. The summed E-state index contributed by atoms with van der Waals surface area (Å²) in [5.41, 5.74) is 1.71. The highest BCUT2D eigenvalue weighted by atomic mass is 32.2. The number of benzene rings is 1. The van der Waals surface area contributed by atoms with Crippen molar-refractivity contribution in [3.05, 3.63) is 47.8 Å². The number of nitrogens with one attached hydrogen (secondary N) is 1. The molecular weight excluding hydrogens is 566 g/mol. The molecule has 1 aromatic carbocycles. The zero-order chi connectivity index (χ0) is 28.7. The zero-order valence-electron chi connectivity index (χ0n) is 23.2. The number of ether oxygens (including phenoxy) is 2. The molecule has 3 heterocycles. The first-order valence-corrected chi connectivity index (χ1v) is 17.6. The number of aliphatic hydroxyl groups is 1. The molecule has 1 spiro atoms. The lowest BCUT2D eigenvalue weighted by atomic mass is 9.88. The molecule has 2 N–H and O–H groups in total. The summed E-state index contributed by atoms with van der Waals surface area (Å²) in [6.07, 6.45) is 8.09. The van der Waals surface area contributed by atoms with Gasteiger partial charge in [-0.05, 0) is 87.6 Å². The van der Waals surface area contributed by atoms with Crippen LogP contribution in [0.5, 0.6) is 5.75 Å². The van der Waals surface area contributed by atoms with Crippen molar-refractivity contribution in [3.63, 3.8) is 0 Å². The molecule has 3 fully saturated rings. The van der Waals surface area contributed by atoms with Crippen molar-refractivity contribution in [2.45, 2.75) is 90.6 Å². The van der Waals surface area contributed by atoms with Crippen LogP contribution in [-0.2, 0) is 37.4 Å². The number of hydrogen-bond acceptors (Lipinski definition) is 9. The second-order valence-corrected chi connectivity index (χ2v) is 16.0. The molecule has 0 bridgehead atoms. The Morgan fingerprint density at radius 3 is 2.66 bits per heavy atom. The number of aryl methyl sites for hydroxylation is 2. The number of hydrogen-bond donors (Lipinski definition) is 2. The van der Waals surface area contributed by atoms with Crippen molar-refractivity contribution in [2.24, 2.45) is 0 Å². The number of sulfone groups is 1. The van der Waals surface area contributed by atoms with Gasteiger partial charge in [-0.15, -0.1) is 0 Å². The minimum absolute atomic E-state index is 0.0308. The van der Waals surface area contributed by atoms with E-state index in [1.165, 1.54) is 12.3 Å². The Bertz CT molecular complexity index is 1470. The first-order valence-electron chi connectivity index (χ1n) is 14.6. The minimum atomic E-state index is -3.60. The lowest BCUT2D eigenvalue weighted by Crippen LogP contribution is -2.47. The van der Waals surface area contributed by atoms with E-state index in [4.69, 9.17) is 9.47 Å². The Balaban J connectivity index is 0.961. The number of pyridine rings is 1. The van der Waals surface area contributed by atoms with Crippen LogP contribution < -0.4 is 10.1 Å². The highest BCUT2D eigenvalue weighted by Crippen LogP contribution is 2.38. The summed E-state index contributed by atoms with van der Waals surface area (Å²) in [6.45, 7) is 1.63. The molecule has 6 rings (SSSR count). The highest BCUT2D eigenvalue weighted by molar-refractivity contribution is 7.92. The van der Waals surface area contributed by atoms with Gasteiger partial charge in [-0.25, -0.2) is 16.8 Å². The number of piperidine rings is 1. The first-order chi connectivity index (χ1) is 19.6. The van der Waals surface area contributed by atoms with Gasteiger partial charge in [-0.2, -0.15) is 4.31 Å². The average Bonchev–Trinajstić information content (AvgIpc) is 3.78. The summed E-state index contributed by atoms with van der Waals surface area (Å²) in [5, 5.41) is 13.6. The van der Waals surface area contributed by atoms with Crippen molar-refractivity contribution in [1.82, 2.24) is 14.6 Å².